The third-order valence-corrected chi connectivity index (χ3v) is 1.92. The van der Waals surface area contributed by atoms with Crippen LogP contribution in [0.1, 0.15) is 12.8 Å². The molecule has 11 heavy (non-hydrogen) atoms. The highest BCUT2D eigenvalue weighted by Gasteiger charge is 2.13. The highest BCUT2D eigenvalue weighted by atomic mass is 14.9. The second-order valence-corrected chi connectivity index (χ2v) is 2.72. The van der Waals surface area contributed by atoms with E-state index >= 15 is 0 Å². The zero-order valence-corrected chi connectivity index (χ0v) is 6.27. The first kappa shape index (κ1) is 6.53. The van der Waals surface area contributed by atoms with Gasteiger partial charge in [0.2, 0.25) is 0 Å². The van der Waals surface area contributed by atoms with E-state index in [4.69, 9.17) is 0 Å². The molecule has 1 atom stereocenters. The molecule has 0 saturated heterocycles. The second-order valence-electron chi connectivity index (χ2n) is 2.72. The molecule has 0 aromatic heterocycles. The van der Waals surface area contributed by atoms with Crippen LogP contribution < -0.4 is 0 Å². The summed E-state index contributed by atoms with van der Waals surface area (Å²) in [5.74, 6) is 1.41. The first-order valence-corrected chi connectivity index (χ1v) is 3.90. The van der Waals surface area contributed by atoms with Crippen molar-refractivity contribution in [3.8, 4) is 0 Å². The molecule has 0 aliphatic carbocycles. The molecular weight excluding hydrogens is 136 g/mol. The lowest BCUT2D eigenvalue weighted by Crippen LogP contribution is -2.11. The van der Waals surface area contributed by atoms with E-state index in [1.165, 1.54) is 0 Å². The van der Waals surface area contributed by atoms with Crippen molar-refractivity contribution in [2.24, 2.45) is 15.9 Å². The summed E-state index contributed by atoms with van der Waals surface area (Å²) < 4.78 is 0. The fraction of sp³-hybridized carbons (Fsp3) is 0.333. The van der Waals surface area contributed by atoms with Gasteiger partial charge in [0.05, 0.1) is 0 Å². The number of hydrogen-bond acceptors (Lipinski definition) is 2. The smallest absolute Gasteiger partial charge is 0.135 e. The zero-order chi connectivity index (χ0) is 7.52. The van der Waals surface area contributed by atoms with Gasteiger partial charge in [-0.3, -0.25) is 0 Å². The Hall–Kier alpha value is -1.18. The molecule has 56 valence electrons. The molecule has 2 heterocycles. The van der Waals surface area contributed by atoms with Crippen molar-refractivity contribution >= 4 is 12.1 Å². The molecule has 0 radical (unpaired) electrons. The molecule has 0 spiro atoms. The number of allylic oxidation sites excluding steroid dienone is 2. The standard InChI is InChI=1S/C9H10N2/c1-2-6-10-9-8(4-1)5-3-7-11-9/h2-3,5-8H,1,4H2. The maximum atomic E-state index is 4.23. The second kappa shape index (κ2) is 2.82. The highest BCUT2D eigenvalue weighted by molar-refractivity contribution is 5.98. The van der Waals surface area contributed by atoms with Crippen LogP contribution in [0.15, 0.2) is 34.4 Å². The first-order valence-electron chi connectivity index (χ1n) is 3.90. The van der Waals surface area contributed by atoms with Crippen LogP contribution in [0.3, 0.4) is 0 Å². The van der Waals surface area contributed by atoms with E-state index in [1.54, 1.807) is 6.21 Å². The molecule has 0 fully saturated rings. The number of hydrogen-bond donors (Lipinski definition) is 0. The van der Waals surface area contributed by atoms with Gasteiger partial charge in [-0.1, -0.05) is 12.2 Å². The number of rotatable bonds is 0. The summed E-state index contributed by atoms with van der Waals surface area (Å²) in [5, 5.41) is 0. The molecule has 2 rings (SSSR count). The summed E-state index contributed by atoms with van der Waals surface area (Å²) in [5.41, 5.74) is 0. The van der Waals surface area contributed by atoms with E-state index < -0.39 is 0 Å². The highest BCUT2D eigenvalue weighted by Crippen LogP contribution is 2.17. The van der Waals surface area contributed by atoms with Crippen molar-refractivity contribution in [3.05, 3.63) is 24.4 Å². The Balaban J connectivity index is 2.28. The molecule has 2 heteroatoms. The van der Waals surface area contributed by atoms with Crippen LogP contribution >= 0.6 is 0 Å². The summed E-state index contributed by atoms with van der Waals surface area (Å²) in [6, 6.07) is 0. The van der Waals surface area contributed by atoms with Crippen LogP contribution in [0.4, 0.5) is 0 Å². The molecule has 0 aromatic carbocycles. The third-order valence-electron chi connectivity index (χ3n) is 1.92. The predicted molar refractivity (Wildman–Crippen MR) is 46.9 cm³/mol. The maximum Gasteiger partial charge on any atom is 0.135 e. The Morgan fingerprint density at radius 3 is 3.45 bits per heavy atom. The summed E-state index contributed by atoms with van der Waals surface area (Å²) in [6.07, 6.45) is 12.2. The lowest BCUT2D eigenvalue weighted by molar-refractivity contribution is 0.756. The van der Waals surface area contributed by atoms with Crippen LogP contribution in [0.2, 0.25) is 0 Å². The molecule has 1 unspecified atom stereocenters. The topological polar surface area (TPSA) is 24.7 Å². The van der Waals surface area contributed by atoms with Gasteiger partial charge in [0.1, 0.15) is 5.84 Å². The van der Waals surface area contributed by atoms with E-state index in [0.29, 0.717) is 5.92 Å². The van der Waals surface area contributed by atoms with Crippen LogP contribution in [-0.2, 0) is 0 Å². The Bertz CT molecular complexity index is 259. The molecule has 0 saturated carbocycles. The van der Waals surface area contributed by atoms with Crippen molar-refractivity contribution in [1.29, 1.82) is 0 Å². The van der Waals surface area contributed by atoms with Crippen molar-refractivity contribution in [1.82, 2.24) is 0 Å². The minimum Gasteiger partial charge on any atom is -0.241 e. The lowest BCUT2D eigenvalue weighted by atomic mass is 10.0. The third kappa shape index (κ3) is 1.29. The minimum absolute atomic E-state index is 0.454. The van der Waals surface area contributed by atoms with Crippen molar-refractivity contribution in [2.45, 2.75) is 12.8 Å². The molecular formula is C9H10N2. The SMILES string of the molecule is C1=CC2CCC=CN=C2N=C1. The number of amidine groups is 1. The number of aliphatic imine (C=N–C) groups is 2. The zero-order valence-electron chi connectivity index (χ0n) is 6.27. The molecule has 0 amide bonds. The van der Waals surface area contributed by atoms with Gasteiger partial charge in [-0.15, -0.1) is 0 Å². The van der Waals surface area contributed by atoms with Crippen molar-refractivity contribution in [3.63, 3.8) is 0 Å². The maximum absolute atomic E-state index is 4.23. The van der Waals surface area contributed by atoms with Crippen molar-refractivity contribution < 1.29 is 0 Å². The molecule has 0 bridgehead atoms. The molecule has 0 N–H and O–H groups in total. The van der Waals surface area contributed by atoms with Gasteiger partial charge < -0.3 is 0 Å². The number of nitrogens with zero attached hydrogens (tertiary/aromatic N) is 2. The summed E-state index contributed by atoms with van der Waals surface area (Å²) in [4.78, 5) is 8.43. The van der Waals surface area contributed by atoms with Crippen LogP contribution in [0.25, 0.3) is 0 Å². The first-order chi connectivity index (χ1) is 5.47. The van der Waals surface area contributed by atoms with Crippen LogP contribution in [0, 0.1) is 5.92 Å². The van der Waals surface area contributed by atoms with Gasteiger partial charge in [-0.05, 0) is 18.9 Å². The van der Waals surface area contributed by atoms with E-state index in [-0.39, 0.29) is 0 Å². The van der Waals surface area contributed by atoms with Gasteiger partial charge in [0.25, 0.3) is 0 Å². The Morgan fingerprint density at radius 1 is 1.45 bits per heavy atom. The molecule has 2 aliphatic heterocycles. The average molecular weight is 146 g/mol. The average Bonchev–Trinajstić information content (AvgIpc) is 2.28. The van der Waals surface area contributed by atoms with Gasteiger partial charge in [0, 0.05) is 18.3 Å². The Kier molecular flexibility index (Phi) is 1.68. The molecule has 0 aromatic rings. The summed E-state index contributed by atoms with van der Waals surface area (Å²) >= 11 is 0. The molecule has 2 nitrogen and oxygen atoms in total. The van der Waals surface area contributed by atoms with E-state index in [9.17, 15) is 0 Å². The normalized spacial score (nSPS) is 27.6. The number of fused-ring (bicyclic) bond motifs is 1. The fourth-order valence-corrected chi connectivity index (χ4v) is 1.32. The quantitative estimate of drug-likeness (QED) is 0.499. The van der Waals surface area contributed by atoms with E-state index in [0.717, 1.165) is 18.7 Å². The van der Waals surface area contributed by atoms with Gasteiger partial charge >= 0.3 is 0 Å². The Labute approximate surface area is 66.1 Å². The monoisotopic (exact) mass is 146 g/mol. The van der Waals surface area contributed by atoms with E-state index in [1.807, 2.05) is 12.3 Å². The largest absolute Gasteiger partial charge is 0.241 e. The fourth-order valence-electron chi connectivity index (χ4n) is 1.32. The van der Waals surface area contributed by atoms with Crippen LogP contribution in [-0.4, -0.2) is 12.1 Å². The van der Waals surface area contributed by atoms with Crippen LogP contribution in [0.5, 0.6) is 0 Å². The van der Waals surface area contributed by atoms with Gasteiger partial charge in [0.15, 0.2) is 0 Å². The summed E-state index contributed by atoms with van der Waals surface area (Å²) in [6.45, 7) is 0. The Morgan fingerprint density at radius 2 is 2.45 bits per heavy atom. The molecule has 2 aliphatic rings. The van der Waals surface area contributed by atoms with E-state index in [2.05, 4.69) is 22.1 Å². The van der Waals surface area contributed by atoms with Gasteiger partial charge in [-0.2, -0.15) is 0 Å². The minimum atomic E-state index is 0.454. The predicted octanol–water partition coefficient (Wildman–Crippen LogP) is 1.95. The van der Waals surface area contributed by atoms with Gasteiger partial charge in [-0.25, -0.2) is 9.98 Å². The lowest BCUT2D eigenvalue weighted by Gasteiger charge is -2.10. The van der Waals surface area contributed by atoms with Crippen molar-refractivity contribution in [2.75, 3.05) is 0 Å². The summed E-state index contributed by atoms with van der Waals surface area (Å²) in [7, 11) is 0. The number of dihydropyridines is 1.